The fraction of sp³-hybridized carbons (Fsp3) is 0.0476. The van der Waals surface area contributed by atoms with Crippen molar-refractivity contribution >= 4 is 38.9 Å². The van der Waals surface area contributed by atoms with Crippen molar-refractivity contribution in [2.45, 2.75) is 6.54 Å². The molecule has 122 valence electrons. The van der Waals surface area contributed by atoms with Crippen molar-refractivity contribution in [2.24, 2.45) is 4.99 Å². The molecule has 0 spiro atoms. The van der Waals surface area contributed by atoms with Crippen molar-refractivity contribution in [3.05, 3.63) is 94.5 Å². The summed E-state index contributed by atoms with van der Waals surface area (Å²) in [6, 6.07) is 25.5. The molecule has 4 heteroatoms. The van der Waals surface area contributed by atoms with Gasteiger partial charge in [-0.1, -0.05) is 64.5 Å². The number of carbonyl (C=O) groups is 1. The number of benzene rings is 3. The van der Waals surface area contributed by atoms with Crippen molar-refractivity contribution < 1.29 is 4.79 Å². The maximum absolute atomic E-state index is 13.0. The molecule has 0 aliphatic carbocycles. The van der Waals surface area contributed by atoms with E-state index >= 15 is 0 Å². The van der Waals surface area contributed by atoms with Crippen molar-refractivity contribution in [3.8, 4) is 0 Å². The van der Waals surface area contributed by atoms with Gasteiger partial charge in [0.1, 0.15) is 5.71 Å². The van der Waals surface area contributed by atoms with Gasteiger partial charge in [-0.25, -0.2) is 4.99 Å². The molecule has 4 rings (SSSR count). The highest BCUT2D eigenvalue weighted by molar-refractivity contribution is 9.10. The van der Waals surface area contributed by atoms with E-state index in [9.17, 15) is 4.79 Å². The summed E-state index contributed by atoms with van der Waals surface area (Å²) in [5, 5.41) is 0. The first-order valence-corrected chi connectivity index (χ1v) is 8.81. The van der Waals surface area contributed by atoms with Gasteiger partial charge in [0.25, 0.3) is 5.91 Å². The molecule has 0 fully saturated rings. The van der Waals surface area contributed by atoms with Crippen LogP contribution in [0.1, 0.15) is 11.1 Å². The zero-order valence-corrected chi connectivity index (χ0v) is 15.0. The topological polar surface area (TPSA) is 32.7 Å². The molecule has 25 heavy (non-hydrogen) atoms. The lowest BCUT2D eigenvalue weighted by molar-refractivity contribution is -0.112. The third-order valence-electron chi connectivity index (χ3n) is 4.15. The number of amides is 1. The number of anilines is 1. The van der Waals surface area contributed by atoms with Crippen LogP contribution in [0.5, 0.6) is 0 Å². The van der Waals surface area contributed by atoms with E-state index in [2.05, 4.69) is 20.9 Å². The third kappa shape index (κ3) is 3.13. The van der Waals surface area contributed by atoms with Crippen molar-refractivity contribution in [3.63, 3.8) is 0 Å². The second-order valence-electron chi connectivity index (χ2n) is 5.83. The van der Waals surface area contributed by atoms with Gasteiger partial charge in [-0.3, -0.25) is 4.79 Å². The van der Waals surface area contributed by atoms with Gasteiger partial charge in [0, 0.05) is 10.0 Å². The van der Waals surface area contributed by atoms with Gasteiger partial charge in [-0.15, -0.1) is 0 Å². The Kier molecular flexibility index (Phi) is 4.20. The first kappa shape index (κ1) is 15.8. The van der Waals surface area contributed by atoms with Crippen LogP contribution in [0.4, 0.5) is 11.4 Å². The number of hydrogen-bond acceptors (Lipinski definition) is 2. The van der Waals surface area contributed by atoms with Crippen LogP contribution in [0.2, 0.25) is 0 Å². The second-order valence-corrected chi connectivity index (χ2v) is 6.75. The summed E-state index contributed by atoms with van der Waals surface area (Å²) in [4.78, 5) is 19.4. The van der Waals surface area contributed by atoms with Crippen LogP contribution < -0.4 is 4.90 Å². The smallest absolute Gasteiger partial charge is 0.277 e. The molecule has 0 unspecified atom stereocenters. The van der Waals surface area contributed by atoms with Crippen LogP contribution in [-0.2, 0) is 11.3 Å². The fourth-order valence-electron chi connectivity index (χ4n) is 2.94. The summed E-state index contributed by atoms with van der Waals surface area (Å²) in [5.41, 5.74) is 4.14. The van der Waals surface area contributed by atoms with Gasteiger partial charge in [0.05, 0.1) is 17.9 Å². The average Bonchev–Trinajstić information content (AvgIpc) is 2.90. The summed E-state index contributed by atoms with van der Waals surface area (Å²) in [6.07, 6.45) is 0. The highest BCUT2D eigenvalue weighted by atomic mass is 79.9. The number of fused-ring (bicyclic) bond motifs is 1. The summed E-state index contributed by atoms with van der Waals surface area (Å²) < 4.78 is 0.986. The molecule has 3 nitrogen and oxygen atoms in total. The summed E-state index contributed by atoms with van der Waals surface area (Å²) in [7, 11) is 0. The molecule has 3 aromatic rings. The molecular formula is C21H15BrN2O. The lowest BCUT2D eigenvalue weighted by Gasteiger charge is -2.16. The Balaban J connectivity index is 1.74. The van der Waals surface area contributed by atoms with E-state index in [-0.39, 0.29) is 5.91 Å². The van der Waals surface area contributed by atoms with Crippen LogP contribution >= 0.6 is 15.9 Å². The number of carbonyl (C=O) groups excluding carboxylic acids is 1. The molecular weight excluding hydrogens is 376 g/mol. The SMILES string of the molecule is O=C1C(=Nc2ccc(Br)cc2)c2ccccc2N1Cc1ccccc1. The lowest BCUT2D eigenvalue weighted by Crippen LogP contribution is -2.29. The molecule has 3 aromatic carbocycles. The normalized spacial score (nSPS) is 14.8. The minimum absolute atomic E-state index is 0.0621. The highest BCUT2D eigenvalue weighted by Gasteiger charge is 2.33. The van der Waals surface area contributed by atoms with Crippen LogP contribution in [-0.4, -0.2) is 11.6 Å². The van der Waals surface area contributed by atoms with Gasteiger partial charge in [-0.05, 0) is 35.9 Å². The van der Waals surface area contributed by atoms with E-state index in [0.717, 1.165) is 27.0 Å². The Morgan fingerprint density at radius 3 is 2.28 bits per heavy atom. The van der Waals surface area contributed by atoms with Gasteiger partial charge in [0.15, 0.2) is 0 Å². The maximum Gasteiger partial charge on any atom is 0.277 e. The Morgan fingerprint density at radius 1 is 0.840 bits per heavy atom. The standard InChI is InChI=1S/C21H15BrN2O/c22-16-10-12-17(13-11-16)23-20-18-8-4-5-9-19(18)24(21(20)25)14-15-6-2-1-3-7-15/h1-13H,14H2. The molecule has 0 atom stereocenters. The van der Waals surface area contributed by atoms with E-state index < -0.39 is 0 Å². The van der Waals surface area contributed by atoms with Gasteiger partial charge >= 0.3 is 0 Å². The molecule has 0 saturated carbocycles. The van der Waals surface area contributed by atoms with Crippen molar-refractivity contribution in [2.75, 3.05) is 4.90 Å². The largest absolute Gasteiger partial charge is 0.302 e. The Bertz CT molecular complexity index is 949. The fourth-order valence-corrected chi connectivity index (χ4v) is 3.20. The van der Waals surface area contributed by atoms with Crippen molar-refractivity contribution in [1.82, 2.24) is 0 Å². The van der Waals surface area contributed by atoms with E-state index in [1.165, 1.54) is 0 Å². The number of para-hydroxylation sites is 1. The van der Waals surface area contributed by atoms with Crippen LogP contribution in [0.25, 0.3) is 0 Å². The quantitative estimate of drug-likeness (QED) is 0.610. The van der Waals surface area contributed by atoms with Crippen molar-refractivity contribution in [1.29, 1.82) is 0 Å². The zero-order valence-electron chi connectivity index (χ0n) is 13.4. The second kappa shape index (κ2) is 6.65. The molecule has 0 radical (unpaired) electrons. The monoisotopic (exact) mass is 390 g/mol. The average molecular weight is 391 g/mol. The van der Waals surface area contributed by atoms with E-state index in [0.29, 0.717) is 12.3 Å². The molecule has 1 amide bonds. The number of halogens is 1. The Hall–Kier alpha value is -2.72. The first-order valence-electron chi connectivity index (χ1n) is 8.02. The van der Waals surface area contributed by atoms with Crippen LogP contribution in [0.15, 0.2) is 88.3 Å². The molecule has 1 aliphatic heterocycles. The van der Waals surface area contributed by atoms with Gasteiger partial charge in [-0.2, -0.15) is 0 Å². The number of rotatable bonds is 3. The molecule has 1 heterocycles. The zero-order chi connectivity index (χ0) is 17.2. The maximum atomic E-state index is 13.0. The minimum atomic E-state index is -0.0621. The lowest BCUT2D eigenvalue weighted by atomic mass is 10.1. The Morgan fingerprint density at radius 2 is 1.52 bits per heavy atom. The molecule has 0 N–H and O–H groups in total. The summed E-state index contributed by atoms with van der Waals surface area (Å²) >= 11 is 3.42. The van der Waals surface area contributed by atoms with Gasteiger partial charge in [0.2, 0.25) is 0 Å². The van der Waals surface area contributed by atoms with Crippen LogP contribution in [0.3, 0.4) is 0 Å². The first-order chi connectivity index (χ1) is 12.2. The molecule has 1 aliphatic rings. The number of hydrogen-bond donors (Lipinski definition) is 0. The molecule has 0 bridgehead atoms. The molecule has 0 aromatic heterocycles. The minimum Gasteiger partial charge on any atom is -0.302 e. The highest BCUT2D eigenvalue weighted by Crippen LogP contribution is 2.32. The summed E-state index contributed by atoms with van der Waals surface area (Å²) in [5.74, 6) is -0.0621. The van der Waals surface area contributed by atoms with E-state index in [1.54, 1.807) is 4.90 Å². The molecule has 0 saturated heterocycles. The Labute approximate surface area is 154 Å². The number of nitrogens with zero attached hydrogens (tertiary/aromatic N) is 2. The van der Waals surface area contributed by atoms with Gasteiger partial charge < -0.3 is 4.90 Å². The predicted molar refractivity (Wildman–Crippen MR) is 104 cm³/mol. The van der Waals surface area contributed by atoms with E-state index in [4.69, 9.17) is 0 Å². The predicted octanol–water partition coefficient (Wildman–Crippen LogP) is 5.12. The number of aliphatic imine (C=N–C) groups is 1. The van der Waals surface area contributed by atoms with Crippen LogP contribution in [0, 0.1) is 0 Å². The summed E-state index contributed by atoms with van der Waals surface area (Å²) in [6.45, 7) is 0.538. The third-order valence-corrected chi connectivity index (χ3v) is 4.68. The van der Waals surface area contributed by atoms with E-state index in [1.807, 2.05) is 78.9 Å².